The lowest BCUT2D eigenvalue weighted by Gasteiger charge is -2.62. The van der Waals surface area contributed by atoms with E-state index in [0.29, 0.717) is 23.7 Å². The first-order chi connectivity index (χ1) is 14.1. The first kappa shape index (κ1) is 22.1. The van der Waals surface area contributed by atoms with E-state index in [1.807, 2.05) is 0 Å². The Morgan fingerprint density at radius 2 is 1.57 bits per heavy atom. The summed E-state index contributed by atoms with van der Waals surface area (Å²) in [5.41, 5.74) is 0.313. The molecule has 1 N–H and O–H groups in total. The minimum absolute atomic E-state index is 0.0370. The summed E-state index contributed by atoms with van der Waals surface area (Å²) in [6.07, 6.45) is 7.89. The average Bonchev–Trinajstić information content (AvgIpc) is 2.99. The Morgan fingerprint density at radius 1 is 0.900 bits per heavy atom. The Kier molecular flexibility index (Phi) is 5.74. The van der Waals surface area contributed by atoms with Gasteiger partial charge in [0.15, 0.2) is 0 Å². The van der Waals surface area contributed by atoms with E-state index in [4.69, 9.17) is 9.47 Å². The van der Waals surface area contributed by atoms with E-state index in [-0.39, 0.29) is 47.0 Å². The molecule has 0 amide bonds. The standard InChI is InChI=1S/C25H40O5/c1-14(29-15(2)26)19-6-7-20-18-13-23(28)22-12-17(30-16(3)27)8-10-25(22,5)21(18)9-11-24(19,20)4/h14,17-23,28H,6-13H2,1-5H3/t14-,17-,18-,19+,20-,21-,22?,23-,24+,25+/m0/s1. The molecular weight excluding hydrogens is 380 g/mol. The van der Waals surface area contributed by atoms with Crippen molar-refractivity contribution in [2.75, 3.05) is 0 Å². The maximum atomic E-state index is 11.6. The number of aliphatic hydroxyl groups is 1. The van der Waals surface area contributed by atoms with E-state index < -0.39 is 0 Å². The van der Waals surface area contributed by atoms with E-state index in [2.05, 4.69) is 20.8 Å². The maximum Gasteiger partial charge on any atom is 0.302 e. The van der Waals surface area contributed by atoms with Crippen LogP contribution < -0.4 is 0 Å². The smallest absolute Gasteiger partial charge is 0.302 e. The highest BCUT2D eigenvalue weighted by Gasteiger charge is 2.62. The topological polar surface area (TPSA) is 72.8 Å². The van der Waals surface area contributed by atoms with Gasteiger partial charge < -0.3 is 14.6 Å². The van der Waals surface area contributed by atoms with Gasteiger partial charge in [-0.2, -0.15) is 0 Å². The van der Waals surface area contributed by atoms with E-state index in [0.717, 1.165) is 32.1 Å². The Labute approximate surface area is 181 Å². The van der Waals surface area contributed by atoms with Crippen LogP contribution in [0.3, 0.4) is 0 Å². The molecule has 0 bridgehead atoms. The van der Waals surface area contributed by atoms with Gasteiger partial charge in [-0.3, -0.25) is 9.59 Å². The predicted octanol–water partition coefficient (Wildman–Crippen LogP) is 4.50. The molecule has 10 atom stereocenters. The Balaban J connectivity index is 1.54. The molecule has 170 valence electrons. The van der Waals surface area contributed by atoms with Crippen LogP contribution in [-0.2, 0) is 19.1 Å². The molecular formula is C25H40O5. The molecule has 5 nitrogen and oxygen atoms in total. The lowest BCUT2D eigenvalue weighted by Crippen LogP contribution is -2.58. The van der Waals surface area contributed by atoms with E-state index in [1.165, 1.54) is 33.1 Å². The number of hydrogen-bond acceptors (Lipinski definition) is 5. The van der Waals surface area contributed by atoms with Gasteiger partial charge in [0.25, 0.3) is 0 Å². The van der Waals surface area contributed by atoms with Crippen LogP contribution >= 0.6 is 0 Å². The van der Waals surface area contributed by atoms with Crippen molar-refractivity contribution in [1.29, 1.82) is 0 Å². The Morgan fingerprint density at radius 3 is 2.23 bits per heavy atom. The molecule has 0 radical (unpaired) electrons. The zero-order valence-corrected chi connectivity index (χ0v) is 19.4. The highest BCUT2D eigenvalue weighted by molar-refractivity contribution is 5.66. The van der Waals surface area contributed by atoms with Crippen LogP contribution in [0.25, 0.3) is 0 Å². The van der Waals surface area contributed by atoms with Crippen molar-refractivity contribution in [3.63, 3.8) is 0 Å². The number of hydrogen-bond donors (Lipinski definition) is 1. The molecule has 4 saturated carbocycles. The number of esters is 2. The number of fused-ring (bicyclic) bond motifs is 5. The minimum Gasteiger partial charge on any atom is -0.463 e. The average molecular weight is 421 g/mol. The van der Waals surface area contributed by atoms with Crippen LogP contribution in [0, 0.1) is 40.4 Å². The van der Waals surface area contributed by atoms with E-state index in [1.54, 1.807) is 0 Å². The van der Waals surface area contributed by atoms with Crippen molar-refractivity contribution in [2.45, 2.75) is 104 Å². The summed E-state index contributed by atoms with van der Waals surface area (Å²) in [5, 5.41) is 11.2. The second kappa shape index (κ2) is 7.79. The van der Waals surface area contributed by atoms with Gasteiger partial charge in [0.2, 0.25) is 0 Å². The van der Waals surface area contributed by atoms with Crippen molar-refractivity contribution in [3.05, 3.63) is 0 Å². The normalized spacial score (nSPS) is 48.7. The fourth-order valence-electron chi connectivity index (χ4n) is 8.76. The van der Waals surface area contributed by atoms with Crippen LogP contribution in [0.15, 0.2) is 0 Å². The lowest BCUT2D eigenvalue weighted by molar-refractivity contribution is -0.185. The molecule has 30 heavy (non-hydrogen) atoms. The Hall–Kier alpha value is -1.10. The van der Waals surface area contributed by atoms with Crippen LogP contribution in [0.1, 0.15) is 86.0 Å². The minimum atomic E-state index is -0.318. The zero-order chi connectivity index (χ0) is 21.8. The Bertz CT molecular complexity index is 691. The molecule has 4 rings (SSSR count). The molecule has 4 aliphatic rings. The summed E-state index contributed by atoms with van der Waals surface area (Å²) in [6, 6.07) is 0. The quantitative estimate of drug-likeness (QED) is 0.681. The zero-order valence-electron chi connectivity index (χ0n) is 19.4. The fraction of sp³-hybridized carbons (Fsp3) is 0.920. The third kappa shape index (κ3) is 3.49. The molecule has 0 saturated heterocycles. The van der Waals surface area contributed by atoms with Gasteiger partial charge in [-0.25, -0.2) is 0 Å². The molecule has 0 spiro atoms. The molecule has 0 aromatic rings. The maximum absolute atomic E-state index is 11.6. The van der Waals surface area contributed by atoms with Gasteiger partial charge in [0.05, 0.1) is 6.10 Å². The highest BCUT2D eigenvalue weighted by atomic mass is 16.5. The van der Waals surface area contributed by atoms with Crippen LogP contribution in [-0.4, -0.2) is 35.4 Å². The highest BCUT2D eigenvalue weighted by Crippen LogP contribution is 2.68. The van der Waals surface area contributed by atoms with Crippen molar-refractivity contribution in [1.82, 2.24) is 0 Å². The first-order valence-electron chi connectivity index (χ1n) is 12.1. The van der Waals surface area contributed by atoms with Crippen molar-refractivity contribution in [2.24, 2.45) is 40.4 Å². The third-order valence-electron chi connectivity index (χ3n) is 9.96. The van der Waals surface area contributed by atoms with Crippen molar-refractivity contribution in [3.8, 4) is 0 Å². The molecule has 0 aromatic heterocycles. The predicted molar refractivity (Wildman–Crippen MR) is 113 cm³/mol. The monoisotopic (exact) mass is 420 g/mol. The molecule has 5 heteroatoms. The molecule has 4 aliphatic carbocycles. The molecule has 4 fully saturated rings. The molecule has 0 aromatic carbocycles. The SMILES string of the molecule is CC(=O)O[C@H]1CC[C@@]2(C)C(C1)[C@@H](O)C[C@H]1[C@@H]3CC[C@H]([C@H](C)OC(C)=O)[C@@]3(C)CC[C@@H]12. The second-order valence-corrected chi connectivity index (χ2v) is 11.3. The fourth-order valence-corrected chi connectivity index (χ4v) is 8.76. The summed E-state index contributed by atoms with van der Waals surface area (Å²) in [6.45, 7) is 9.88. The van der Waals surface area contributed by atoms with Gasteiger partial charge in [-0.15, -0.1) is 0 Å². The second-order valence-electron chi connectivity index (χ2n) is 11.3. The molecule has 0 heterocycles. The molecule has 1 unspecified atom stereocenters. The van der Waals surface area contributed by atoms with E-state index in [9.17, 15) is 14.7 Å². The summed E-state index contributed by atoms with van der Waals surface area (Å²) in [7, 11) is 0. The summed E-state index contributed by atoms with van der Waals surface area (Å²) >= 11 is 0. The van der Waals surface area contributed by atoms with Crippen LogP contribution in [0.4, 0.5) is 0 Å². The van der Waals surface area contributed by atoms with Gasteiger partial charge in [-0.1, -0.05) is 13.8 Å². The lowest BCUT2D eigenvalue weighted by atomic mass is 9.44. The first-order valence-corrected chi connectivity index (χ1v) is 12.1. The van der Waals surface area contributed by atoms with Crippen LogP contribution in [0.5, 0.6) is 0 Å². The summed E-state index contributed by atoms with van der Waals surface area (Å²) in [5.74, 6) is 2.01. The van der Waals surface area contributed by atoms with Gasteiger partial charge in [0.1, 0.15) is 12.2 Å². The number of carbonyl (C=O) groups excluding carboxylic acids is 2. The molecule has 0 aliphatic heterocycles. The summed E-state index contributed by atoms with van der Waals surface area (Å²) < 4.78 is 11.2. The van der Waals surface area contributed by atoms with Crippen molar-refractivity contribution < 1.29 is 24.2 Å². The van der Waals surface area contributed by atoms with Crippen LogP contribution in [0.2, 0.25) is 0 Å². The summed E-state index contributed by atoms with van der Waals surface area (Å²) in [4.78, 5) is 23.0. The van der Waals surface area contributed by atoms with Gasteiger partial charge >= 0.3 is 11.9 Å². The van der Waals surface area contributed by atoms with E-state index >= 15 is 0 Å². The van der Waals surface area contributed by atoms with Crippen molar-refractivity contribution >= 4 is 11.9 Å². The van der Waals surface area contributed by atoms with Gasteiger partial charge in [0, 0.05) is 19.8 Å². The number of ether oxygens (including phenoxy) is 2. The number of rotatable bonds is 3. The van der Waals surface area contributed by atoms with Gasteiger partial charge in [-0.05, 0) is 92.8 Å². The number of aliphatic hydroxyl groups excluding tert-OH is 1. The largest absolute Gasteiger partial charge is 0.463 e. The third-order valence-corrected chi connectivity index (χ3v) is 9.96. The number of carbonyl (C=O) groups is 2.